The van der Waals surface area contributed by atoms with Gasteiger partial charge in [0.15, 0.2) is 0 Å². The lowest BCUT2D eigenvalue weighted by atomic mass is 9.98. The molecule has 0 heterocycles. The first-order valence-electron chi connectivity index (χ1n) is 7.14. The lowest BCUT2D eigenvalue weighted by Gasteiger charge is -2.19. The molecule has 0 spiro atoms. The highest BCUT2D eigenvalue weighted by molar-refractivity contribution is 7.89. The second-order valence-electron chi connectivity index (χ2n) is 6.32. The Morgan fingerprint density at radius 2 is 1.90 bits per heavy atom. The number of nitrogens with one attached hydrogen (secondary N) is 2. The van der Waals surface area contributed by atoms with Crippen molar-refractivity contribution in [2.75, 3.05) is 13.1 Å². The van der Waals surface area contributed by atoms with Gasteiger partial charge < -0.3 is 5.32 Å². The van der Waals surface area contributed by atoms with Crippen LogP contribution >= 0.6 is 11.6 Å². The van der Waals surface area contributed by atoms with E-state index in [1.807, 2.05) is 20.8 Å². The van der Waals surface area contributed by atoms with Crippen molar-refractivity contribution in [3.8, 4) is 0 Å². The van der Waals surface area contributed by atoms with Gasteiger partial charge in [-0.25, -0.2) is 13.1 Å². The highest BCUT2D eigenvalue weighted by Crippen LogP contribution is 2.21. The molecule has 0 fully saturated rings. The zero-order valence-electron chi connectivity index (χ0n) is 13.2. The summed E-state index contributed by atoms with van der Waals surface area (Å²) < 4.78 is 27.2. The van der Waals surface area contributed by atoms with E-state index in [1.165, 1.54) is 6.07 Å². The Hall–Kier alpha value is -0.620. The fourth-order valence-electron chi connectivity index (χ4n) is 1.65. The summed E-state index contributed by atoms with van der Waals surface area (Å²) in [5, 5.41) is 3.80. The smallest absolute Gasteiger partial charge is 0.240 e. The van der Waals surface area contributed by atoms with Gasteiger partial charge in [0, 0.05) is 18.1 Å². The van der Waals surface area contributed by atoms with E-state index in [-0.39, 0.29) is 10.3 Å². The van der Waals surface area contributed by atoms with Crippen molar-refractivity contribution in [2.24, 2.45) is 5.41 Å². The summed E-state index contributed by atoms with van der Waals surface area (Å²) in [6.07, 6.45) is 1.02. The van der Waals surface area contributed by atoms with Gasteiger partial charge >= 0.3 is 0 Å². The second-order valence-corrected chi connectivity index (χ2v) is 8.49. The first kappa shape index (κ1) is 18.4. The van der Waals surface area contributed by atoms with E-state index in [4.69, 9.17) is 11.6 Å². The highest BCUT2D eigenvalue weighted by atomic mass is 35.5. The molecule has 2 N–H and O–H groups in total. The van der Waals surface area contributed by atoms with Gasteiger partial charge in [-0.1, -0.05) is 39.3 Å². The molecule has 6 heteroatoms. The molecule has 0 aliphatic heterocycles. The Morgan fingerprint density at radius 1 is 1.24 bits per heavy atom. The maximum absolute atomic E-state index is 12.3. The summed E-state index contributed by atoms with van der Waals surface area (Å²) in [4.78, 5) is 0.254. The minimum absolute atomic E-state index is 0.106. The topological polar surface area (TPSA) is 58.2 Å². The molecule has 0 aliphatic carbocycles. The summed E-state index contributed by atoms with van der Waals surface area (Å²) in [6, 6.07) is 4.81. The van der Waals surface area contributed by atoms with Crippen LogP contribution in [0.25, 0.3) is 0 Å². The molecule has 1 rings (SSSR count). The van der Waals surface area contributed by atoms with Crippen molar-refractivity contribution in [1.82, 2.24) is 10.0 Å². The van der Waals surface area contributed by atoms with Crippen LogP contribution < -0.4 is 10.0 Å². The average molecular weight is 333 g/mol. The number of hydrogen-bond acceptors (Lipinski definition) is 3. The van der Waals surface area contributed by atoms with Crippen molar-refractivity contribution < 1.29 is 8.42 Å². The van der Waals surface area contributed by atoms with Crippen LogP contribution in [0.2, 0.25) is 5.02 Å². The number of halogens is 1. The van der Waals surface area contributed by atoms with Gasteiger partial charge in [0.1, 0.15) is 0 Å². The van der Waals surface area contributed by atoms with E-state index in [1.54, 1.807) is 12.1 Å². The Bertz CT molecular complexity index is 566. The molecule has 0 bridgehead atoms. The second kappa shape index (κ2) is 7.58. The molecule has 0 saturated heterocycles. The molecule has 4 nitrogen and oxygen atoms in total. The Morgan fingerprint density at radius 3 is 2.48 bits per heavy atom. The zero-order valence-corrected chi connectivity index (χ0v) is 14.7. The molecular weight excluding hydrogens is 308 g/mol. The quantitative estimate of drug-likeness (QED) is 0.754. The Labute approximate surface area is 133 Å². The minimum Gasteiger partial charge on any atom is -0.313 e. The van der Waals surface area contributed by atoms with Crippen LogP contribution in [-0.4, -0.2) is 21.5 Å². The molecule has 0 aromatic heterocycles. The van der Waals surface area contributed by atoms with Crippen molar-refractivity contribution >= 4 is 21.6 Å². The number of hydrogen-bond donors (Lipinski definition) is 2. The van der Waals surface area contributed by atoms with E-state index in [9.17, 15) is 8.42 Å². The molecule has 0 amide bonds. The van der Waals surface area contributed by atoms with Gasteiger partial charge in [0.05, 0.1) is 4.90 Å². The third-order valence-electron chi connectivity index (χ3n) is 2.86. The zero-order chi connectivity index (χ0) is 16.1. The molecule has 1 aromatic rings. The summed E-state index contributed by atoms with van der Waals surface area (Å²) in [5.41, 5.74) is 0.689. The fraction of sp³-hybridized carbons (Fsp3) is 0.600. The van der Waals surface area contributed by atoms with Crippen LogP contribution in [0.3, 0.4) is 0 Å². The number of sulfonamides is 1. The lowest BCUT2D eigenvalue weighted by Crippen LogP contribution is -2.32. The summed E-state index contributed by atoms with van der Waals surface area (Å²) >= 11 is 6.12. The van der Waals surface area contributed by atoms with Crippen LogP contribution in [0.5, 0.6) is 0 Å². The minimum atomic E-state index is -3.50. The Balaban J connectivity index is 2.89. The van der Waals surface area contributed by atoms with Crippen molar-refractivity contribution in [3.05, 3.63) is 28.8 Å². The summed E-state index contributed by atoms with van der Waals surface area (Å²) in [5.74, 6) is 0. The van der Waals surface area contributed by atoms with E-state index >= 15 is 0 Å². The van der Waals surface area contributed by atoms with Gasteiger partial charge in [-0.05, 0) is 42.1 Å². The van der Waals surface area contributed by atoms with Crippen LogP contribution in [-0.2, 0) is 16.6 Å². The molecule has 120 valence electrons. The van der Waals surface area contributed by atoms with Gasteiger partial charge in [0.2, 0.25) is 10.0 Å². The highest BCUT2D eigenvalue weighted by Gasteiger charge is 2.19. The summed E-state index contributed by atoms with van der Waals surface area (Å²) in [6.45, 7) is 9.85. The fourth-order valence-corrected chi connectivity index (χ4v) is 3.17. The van der Waals surface area contributed by atoms with Gasteiger partial charge in [-0.15, -0.1) is 0 Å². The first-order valence-corrected chi connectivity index (χ1v) is 9.00. The molecule has 0 radical (unpaired) electrons. The standard InChI is InChI=1S/C15H25ClN2O2S/c1-5-8-17-10-12-9-13(6-7-14(12)16)21(19,20)18-11-15(2,3)4/h6-7,9,17-18H,5,8,10-11H2,1-4H3. The third-order valence-corrected chi connectivity index (χ3v) is 4.63. The maximum atomic E-state index is 12.3. The predicted octanol–water partition coefficient (Wildman–Crippen LogP) is 3.16. The molecule has 0 unspecified atom stereocenters. The largest absolute Gasteiger partial charge is 0.313 e. The maximum Gasteiger partial charge on any atom is 0.240 e. The van der Waals surface area contributed by atoms with Crippen molar-refractivity contribution in [1.29, 1.82) is 0 Å². The van der Waals surface area contributed by atoms with E-state index in [0.717, 1.165) is 18.5 Å². The van der Waals surface area contributed by atoms with Crippen LogP contribution in [0.15, 0.2) is 23.1 Å². The lowest BCUT2D eigenvalue weighted by molar-refractivity contribution is 0.407. The van der Waals surface area contributed by atoms with Crippen LogP contribution in [0.1, 0.15) is 39.7 Å². The van der Waals surface area contributed by atoms with Gasteiger partial charge in [0.25, 0.3) is 0 Å². The molecule has 1 aromatic carbocycles. The van der Waals surface area contributed by atoms with E-state index in [2.05, 4.69) is 17.0 Å². The molecule has 0 atom stereocenters. The first-order chi connectivity index (χ1) is 9.65. The van der Waals surface area contributed by atoms with Gasteiger partial charge in [-0.2, -0.15) is 0 Å². The van der Waals surface area contributed by atoms with Crippen LogP contribution in [0.4, 0.5) is 0 Å². The van der Waals surface area contributed by atoms with Gasteiger partial charge in [-0.3, -0.25) is 0 Å². The number of benzene rings is 1. The summed E-state index contributed by atoms with van der Waals surface area (Å²) in [7, 11) is -3.50. The SMILES string of the molecule is CCCNCc1cc(S(=O)(=O)NCC(C)(C)C)ccc1Cl. The monoisotopic (exact) mass is 332 g/mol. The predicted molar refractivity (Wildman–Crippen MR) is 88.1 cm³/mol. The van der Waals surface area contributed by atoms with E-state index < -0.39 is 10.0 Å². The molecular formula is C15H25ClN2O2S. The van der Waals surface area contributed by atoms with Crippen molar-refractivity contribution in [3.63, 3.8) is 0 Å². The normalized spacial score (nSPS) is 12.6. The van der Waals surface area contributed by atoms with Crippen LogP contribution in [0, 0.1) is 5.41 Å². The van der Waals surface area contributed by atoms with E-state index in [0.29, 0.717) is 18.1 Å². The third kappa shape index (κ3) is 6.34. The number of rotatable bonds is 7. The average Bonchev–Trinajstić information content (AvgIpc) is 2.38. The Kier molecular flexibility index (Phi) is 6.66. The molecule has 21 heavy (non-hydrogen) atoms. The molecule has 0 saturated carbocycles. The van der Waals surface area contributed by atoms with Crippen molar-refractivity contribution in [2.45, 2.75) is 45.6 Å². The molecule has 0 aliphatic rings.